The Morgan fingerprint density at radius 1 is 1.27 bits per heavy atom. The molecule has 6 nitrogen and oxygen atoms in total. The average Bonchev–Trinajstić information content (AvgIpc) is 2.71. The molecule has 0 spiro atoms. The molecule has 1 heterocycles. The van der Waals surface area contributed by atoms with E-state index in [1.54, 1.807) is 6.07 Å². The van der Waals surface area contributed by atoms with Crippen LogP contribution >= 0.6 is 11.6 Å². The lowest BCUT2D eigenvalue weighted by Crippen LogP contribution is -2.47. The van der Waals surface area contributed by atoms with E-state index in [-0.39, 0.29) is 12.0 Å². The van der Waals surface area contributed by atoms with Gasteiger partial charge in [0, 0.05) is 32.2 Å². The molecular weight excluding hydrogens is 402 g/mol. The molecule has 3 N–H and O–H groups in total. The molecule has 0 aliphatic carbocycles. The van der Waals surface area contributed by atoms with Gasteiger partial charge in [0.25, 0.3) is 5.91 Å². The molecule has 1 aliphatic heterocycles. The molecule has 2 aromatic carbocycles. The van der Waals surface area contributed by atoms with Crippen LogP contribution in [-0.2, 0) is 11.3 Å². The van der Waals surface area contributed by atoms with E-state index in [9.17, 15) is 4.79 Å². The largest absolute Gasteiger partial charge is 0.496 e. The van der Waals surface area contributed by atoms with Gasteiger partial charge in [-0.1, -0.05) is 29.3 Å². The first-order chi connectivity index (χ1) is 14.3. The zero-order valence-electron chi connectivity index (χ0n) is 18.0. The summed E-state index contributed by atoms with van der Waals surface area (Å²) in [4.78, 5) is 15.0. The van der Waals surface area contributed by atoms with Gasteiger partial charge < -0.3 is 20.5 Å². The first kappa shape index (κ1) is 22.4. The first-order valence-corrected chi connectivity index (χ1v) is 10.5. The van der Waals surface area contributed by atoms with Crippen LogP contribution < -0.4 is 15.8 Å². The van der Waals surface area contributed by atoms with Crippen LogP contribution in [0.5, 0.6) is 5.75 Å². The summed E-state index contributed by atoms with van der Waals surface area (Å²) in [5.41, 5.74) is 11.8. The van der Waals surface area contributed by atoms with Crippen molar-refractivity contribution < 1.29 is 14.3 Å². The lowest BCUT2D eigenvalue weighted by molar-refractivity contribution is -0.0293. The smallest absolute Gasteiger partial charge is 0.255 e. The third-order valence-corrected chi connectivity index (χ3v) is 5.83. The van der Waals surface area contributed by atoms with Crippen molar-refractivity contribution in [2.45, 2.75) is 33.4 Å². The van der Waals surface area contributed by atoms with E-state index in [2.05, 4.69) is 43.1 Å². The lowest BCUT2D eigenvalue weighted by atomic mass is 9.99. The number of halogens is 1. The van der Waals surface area contributed by atoms with Crippen LogP contribution in [0.4, 0.5) is 5.69 Å². The topological polar surface area (TPSA) is 76.8 Å². The molecule has 1 amide bonds. The van der Waals surface area contributed by atoms with Gasteiger partial charge in [0.15, 0.2) is 0 Å². The molecule has 30 heavy (non-hydrogen) atoms. The van der Waals surface area contributed by atoms with Crippen LogP contribution in [-0.4, -0.2) is 50.3 Å². The molecule has 1 atom stereocenters. The molecule has 0 aromatic heterocycles. The summed E-state index contributed by atoms with van der Waals surface area (Å²) < 4.78 is 11.1. The number of nitrogens with zero attached hydrogens (tertiary/aromatic N) is 1. The Balaban J connectivity index is 1.61. The summed E-state index contributed by atoms with van der Waals surface area (Å²) in [7, 11) is 1.50. The molecule has 1 fully saturated rings. The van der Waals surface area contributed by atoms with Gasteiger partial charge in [-0.05, 0) is 43.5 Å². The molecule has 162 valence electrons. The van der Waals surface area contributed by atoms with E-state index in [0.717, 1.165) is 19.6 Å². The predicted octanol–water partition coefficient (Wildman–Crippen LogP) is 3.49. The van der Waals surface area contributed by atoms with Gasteiger partial charge in [0.05, 0.1) is 36.1 Å². The van der Waals surface area contributed by atoms with Gasteiger partial charge in [-0.15, -0.1) is 0 Å². The number of nitrogens with two attached hydrogens (primary N) is 1. The average molecular weight is 432 g/mol. The zero-order valence-corrected chi connectivity index (χ0v) is 18.8. The Morgan fingerprint density at radius 2 is 1.97 bits per heavy atom. The van der Waals surface area contributed by atoms with E-state index >= 15 is 0 Å². The van der Waals surface area contributed by atoms with Crippen molar-refractivity contribution in [2.24, 2.45) is 0 Å². The number of hydrogen-bond donors (Lipinski definition) is 2. The number of aryl methyl sites for hydroxylation is 3. The van der Waals surface area contributed by atoms with Crippen LogP contribution in [0.25, 0.3) is 0 Å². The second-order valence-corrected chi connectivity index (χ2v) is 8.30. The number of nitrogen functional groups attached to an aromatic ring is 1. The highest BCUT2D eigenvalue weighted by atomic mass is 35.5. The second kappa shape index (κ2) is 9.69. The van der Waals surface area contributed by atoms with Crippen LogP contribution in [0.2, 0.25) is 5.02 Å². The fraction of sp³-hybridized carbons (Fsp3) is 0.435. The van der Waals surface area contributed by atoms with E-state index in [0.29, 0.717) is 35.2 Å². The fourth-order valence-corrected chi connectivity index (χ4v) is 4.11. The molecule has 1 saturated heterocycles. The fourth-order valence-electron chi connectivity index (χ4n) is 3.95. The Bertz CT molecular complexity index is 909. The SMILES string of the molecule is COc1cc(N)c(Cl)cc1C(=O)NCC1CN(Cc2c(C)cc(C)cc2C)CCO1. The van der Waals surface area contributed by atoms with Gasteiger partial charge in [-0.2, -0.15) is 0 Å². The molecule has 0 radical (unpaired) electrons. The molecule has 7 heteroatoms. The predicted molar refractivity (Wildman–Crippen MR) is 120 cm³/mol. The summed E-state index contributed by atoms with van der Waals surface area (Å²) in [6.45, 7) is 10.0. The number of anilines is 1. The van der Waals surface area contributed by atoms with Crippen molar-refractivity contribution in [3.63, 3.8) is 0 Å². The zero-order chi connectivity index (χ0) is 21.8. The number of nitrogens with one attached hydrogen (secondary N) is 1. The molecular formula is C23H30ClN3O3. The number of ether oxygens (including phenoxy) is 2. The molecule has 3 rings (SSSR count). The monoisotopic (exact) mass is 431 g/mol. The van der Waals surface area contributed by atoms with Gasteiger partial charge in [-0.25, -0.2) is 0 Å². The normalized spacial score (nSPS) is 17.0. The van der Waals surface area contributed by atoms with Crippen molar-refractivity contribution >= 4 is 23.2 Å². The number of carbonyl (C=O) groups is 1. The summed E-state index contributed by atoms with van der Waals surface area (Å²) >= 11 is 6.08. The van der Waals surface area contributed by atoms with Gasteiger partial charge in [0.1, 0.15) is 5.75 Å². The highest BCUT2D eigenvalue weighted by Crippen LogP contribution is 2.28. The van der Waals surface area contributed by atoms with E-state index in [1.165, 1.54) is 35.4 Å². The minimum Gasteiger partial charge on any atom is -0.496 e. The van der Waals surface area contributed by atoms with Crippen LogP contribution in [0, 0.1) is 20.8 Å². The van der Waals surface area contributed by atoms with Crippen molar-refractivity contribution in [1.82, 2.24) is 10.2 Å². The maximum Gasteiger partial charge on any atom is 0.255 e. The Hall–Kier alpha value is -2.28. The Labute approximate surface area is 183 Å². The van der Waals surface area contributed by atoms with Crippen LogP contribution in [0.15, 0.2) is 24.3 Å². The molecule has 2 aromatic rings. The highest BCUT2D eigenvalue weighted by molar-refractivity contribution is 6.33. The maximum atomic E-state index is 12.7. The third-order valence-electron chi connectivity index (χ3n) is 5.50. The number of amides is 1. The minimum absolute atomic E-state index is 0.0796. The van der Waals surface area contributed by atoms with Crippen molar-refractivity contribution in [2.75, 3.05) is 39.1 Å². The molecule has 1 unspecified atom stereocenters. The van der Waals surface area contributed by atoms with Crippen molar-refractivity contribution in [3.8, 4) is 5.75 Å². The second-order valence-electron chi connectivity index (χ2n) is 7.89. The number of methoxy groups -OCH3 is 1. The van der Waals surface area contributed by atoms with E-state index in [1.807, 2.05) is 0 Å². The van der Waals surface area contributed by atoms with E-state index < -0.39 is 0 Å². The summed E-state index contributed by atoms with van der Waals surface area (Å²) in [5.74, 6) is 0.130. The summed E-state index contributed by atoms with van der Waals surface area (Å²) in [6, 6.07) is 7.54. The van der Waals surface area contributed by atoms with Crippen molar-refractivity contribution in [3.05, 3.63) is 57.1 Å². The maximum absolute atomic E-state index is 12.7. The number of rotatable bonds is 6. The van der Waals surface area contributed by atoms with Gasteiger partial charge in [-0.3, -0.25) is 9.69 Å². The molecule has 0 bridgehead atoms. The van der Waals surface area contributed by atoms with Crippen LogP contribution in [0.1, 0.15) is 32.6 Å². The highest BCUT2D eigenvalue weighted by Gasteiger charge is 2.23. The van der Waals surface area contributed by atoms with Gasteiger partial charge in [0.2, 0.25) is 0 Å². The molecule has 1 aliphatic rings. The first-order valence-electron chi connectivity index (χ1n) is 10.1. The number of benzene rings is 2. The number of carbonyl (C=O) groups excluding carboxylic acids is 1. The number of morpholine rings is 1. The van der Waals surface area contributed by atoms with Gasteiger partial charge >= 0.3 is 0 Å². The Kier molecular flexibility index (Phi) is 7.23. The van der Waals surface area contributed by atoms with Crippen LogP contribution in [0.3, 0.4) is 0 Å². The van der Waals surface area contributed by atoms with E-state index in [4.69, 9.17) is 26.8 Å². The quantitative estimate of drug-likeness (QED) is 0.684. The number of hydrogen-bond acceptors (Lipinski definition) is 5. The minimum atomic E-state index is -0.264. The summed E-state index contributed by atoms with van der Waals surface area (Å²) in [5, 5.41) is 3.26. The Morgan fingerprint density at radius 3 is 2.63 bits per heavy atom. The lowest BCUT2D eigenvalue weighted by Gasteiger charge is -2.33. The third kappa shape index (κ3) is 5.25. The van der Waals surface area contributed by atoms with Crippen molar-refractivity contribution in [1.29, 1.82) is 0 Å². The standard InChI is InChI=1S/C23H30ClN3O3/c1-14-7-15(2)19(16(3)8-14)13-27-5-6-30-17(12-27)11-26-23(28)18-9-20(24)21(25)10-22(18)29-4/h7-10,17H,5-6,11-13,25H2,1-4H3,(H,26,28). The molecule has 0 saturated carbocycles. The summed E-state index contributed by atoms with van der Waals surface area (Å²) in [6.07, 6.45) is -0.0796.